The molecule has 0 bridgehead atoms. The number of nitrogens with zero attached hydrogens (tertiary/aromatic N) is 7. The van der Waals surface area contributed by atoms with Gasteiger partial charge >= 0.3 is 0 Å². The molecule has 1 unspecified atom stereocenters. The average Bonchev–Trinajstić information content (AvgIpc) is 3.46. The van der Waals surface area contributed by atoms with E-state index in [2.05, 4.69) is 19.9 Å². The van der Waals surface area contributed by atoms with E-state index in [9.17, 15) is 14.4 Å². The summed E-state index contributed by atoms with van der Waals surface area (Å²) in [6.45, 7) is 5.56. The van der Waals surface area contributed by atoms with Crippen LogP contribution < -0.4 is 4.90 Å². The maximum Gasteiger partial charge on any atom is 0.262 e. The number of aromatic nitrogens is 4. The quantitative estimate of drug-likeness (QED) is 0.558. The Bertz CT molecular complexity index is 1200. The van der Waals surface area contributed by atoms with Gasteiger partial charge in [0, 0.05) is 44.6 Å². The van der Waals surface area contributed by atoms with Crippen LogP contribution in [0.3, 0.4) is 0 Å². The monoisotopic (exact) mass is 445 g/mol. The maximum atomic E-state index is 13.2. The predicted molar refractivity (Wildman–Crippen MR) is 119 cm³/mol. The second-order valence-electron chi connectivity index (χ2n) is 8.12. The van der Waals surface area contributed by atoms with Crippen LogP contribution in [0.5, 0.6) is 0 Å². The van der Waals surface area contributed by atoms with E-state index in [4.69, 9.17) is 0 Å². The van der Waals surface area contributed by atoms with Crippen molar-refractivity contribution in [2.75, 3.05) is 31.1 Å². The number of amides is 3. The fourth-order valence-electron chi connectivity index (χ4n) is 4.32. The Labute approximate surface area is 190 Å². The molecule has 0 N–H and O–H groups in total. The zero-order valence-corrected chi connectivity index (χ0v) is 18.4. The second kappa shape index (κ2) is 8.12. The molecule has 2 aliphatic rings. The molecule has 5 rings (SSSR count). The van der Waals surface area contributed by atoms with Gasteiger partial charge in [-0.3, -0.25) is 23.9 Å². The van der Waals surface area contributed by atoms with Gasteiger partial charge in [-0.25, -0.2) is 15.0 Å². The number of rotatable bonds is 4. The number of carbonyl (C=O) groups is 3. The van der Waals surface area contributed by atoms with Gasteiger partial charge in [-0.2, -0.15) is 0 Å². The van der Waals surface area contributed by atoms with Crippen molar-refractivity contribution in [1.29, 1.82) is 0 Å². The number of anilines is 1. The van der Waals surface area contributed by atoms with E-state index in [1.807, 2.05) is 23.8 Å². The van der Waals surface area contributed by atoms with Crippen molar-refractivity contribution in [2.45, 2.75) is 19.9 Å². The number of aryl methyl sites for hydroxylation is 1. The van der Waals surface area contributed by atoms with Gasteiger partial charge in [0.15, 0.2) is 0 Å². The summed E-state index contributed by atoms with van der Waals surface area (Å²) in [7, 11) is 0. The number of imide groups is 1. The molecule has 0 radical (unpaired) electrons. The summed E-state index contributed by atoms with van der Waals surface area (Å²) in [4.78, 5) is 56.6. The van der Waals surface area contributed by atoms with E-state index >= 15 is 0 Å². The molecule has 168 valence electrons. The minimum Gasteiger partial charge on any atom is -0.353 e. The van der Waals surface area contributed by atoms with Crippen molar-refractivity contribution in [3.63, 3.8) is 0 Å². The van der Waals surface area contributed by atoms with Gasteiger partial charge in [-0.15, -0.1) is 0 Å². The van der Waals surface area contributed by atoms with Gasteiger partial charge in [0.2, 0.25) is 5.91 Å². The van der Waals surface area contributed by atoms with Crippen LogP contribution in [0.25, 0.3) is 5.82 Å². The largest absolute Gasteiger partial charge is 0.353 e. The normalized spacial score (nSPS) is 16.8. The van der Waals surface area contributed by atoms with Crippen molar-refractivity contribution in [3.8, 4) is 5.82 Å². The smallest absolute Gasteiger partial charge is 0.262 e. The Kier molecular flexibility index (Phi) is 5.12. The number of hydrogen-bond donors (Lipinski definition) is 0. The standard InChI is InChI=1S/C23H23N7O3/c1-15(30-22(32)17-5-3-4-6-18(17)23(30)33)21(31)28-11-9-27(10-12-28)19-13-20(26-16(2)25-19)29-8-7-24-14-29/h3-8,13-15H,9-12H2,1-2H3. The van der Waals surface area contributed by atoms with E-state index in [1.165, 1.54) is 0 Å². The summed E-state index contributed by atoms with van der Waals surface area (Å²) >= 11 is 0. The Morgan fingerprint density at radius 3 is 2.21 bits per heavy atom. The lowest BCUT2D eigenvalue weighted by Crippen LogP contribution is -2.55. The number of carbonyl (C=O) groups excluding carboxylic acids is 3. The minimum atomic E-state index is -0.863. The van der Waals surface area contributed by atoms with Gasteiger partial charge in [-0.1, -0.05) is 12.1 Å². The van der Waals surface area contributed by atoms with Gasteiger partial charge in [0.25, 0.3) is 11.8 Å². The minimum absolute atomic E-state index is 0.234. The van der Waals surface area contributed by atoms with Crippen LogP contribution in [-0.2, 0) is 4.79 Å². The lowest BCUT2D eigenvalue weighted by Gasteiger charge is -2.37. The highest BCUT2D eigenvalue weighted by atomic mass is 16.2. The Balaban J connectivity index is 1.27. The summed E-state index contributed by atoms with van der Waals surface area (Å²) in [5, 5.41) is 0. The highest BCUT2D eigenvalue weighted by molar-refractivity contribution is 6.22. The summed E-state index contributed by atoms with van der Waals surface area (Å²) < 4.78 is 1.82. The van der Waals surface area contributed by atoms with Crippen LogP contribution in [0.15, 0.2) is 49.1 Å². The summed E-state index contributed by atoms with van der Waals surface area (Å²) in [5.41, 5.74) is 0.694. The summed E-state index contributed by atoms with van der Waals surface area (Å²) in [5.74, 6) is 1.09. The Morgan fingerprint density at radius 2 is 1.61 bits per heavy atom. The summed E-state index contributed by atoms with van der Waals surface area (Å²) in [6, 6.07) is 7.70. The molecular formula is C23H23N7O3. The Hall–Kier alpha value is -4.08. The topological polar surface area (TPSA) is 105 Å². The molecule has 1 fully saturated rings. The second-order valence-corrected chi connectivity index (χ2v) is 8.12. The lowest BCUT2D eigenvalue weighted by atomic mass is 10.1. The van der Waals surface area contributed by atoms with Crippen molar-refractivity contribution in [3.05, 3.63) is 66.0 Å². The SMILES string of the molecule is Cc1nc(N2CCN(C(=O)C(C)N3C(=O)c4ccccc4C3=O)CC2)cc(-n2ccnc2)n1. The van der Waals surface area contributed by atoms with E-state index in [-0.39, 0.29) is 5.91 Å². The van der Waals surface area contributed by atoms with Crippen LogP contribution in [0.2, 0.25) is 0 Å². The van der Waals surface area contributed by atoms with Crippen LogP contribution in [-0.4, -0.2) is 79.3 Å². The molecule has 1 atom stereocenters. The van der Waals surface area contributed by atoms with Gasteiger partial charge in [0.1, 0.15) is 29.8 Å². The average molecular weight is 445 g/mol. The van der Waals surface area contributed by atoms with Crippen LogP contribution >= 0.6 is 0 Å². The first-order chi connectivity index (χ1) is 15.9. The third-order valence-corrected chi connectivity index (χ3v) is 6.07. The molecule has 1 saturated heterocycles. The predicted octanol–water partition coefficient (Wildman–Crippen LogP) is 1.30. The molecule has 10 heteroatoms. The van der Waals surface area contributed by atoms with Crippen LogP contribution in [0, 0.1) is 6.92 Å². The fraction of sp³-hybridized carbons (Fsp3) is 0.304. The van der Waals surface area contributed by atoms with Crippen molar-refractivity contribution in [1.82, 2.24) is 29.3 Å². The zero-order chi connectivity index (χ0) is 23.1. The molecule has 4 heterocycles. The molecule has 1 aromatic carbocycles. The number of fused-ring (bicyclic) bond motifs is 1. The van der Waals surface area contributed by atoms with E-state index in [1.54, 1.807) is 48.6 Å². The molecule has 0 saturated carbocycles. The Morgan fingerprint density at radius 1 is 0.970 bits per heavy atom. The number of hydrogen-bond acceptors (Lipinski definition) is 7. The first-order valence-electron chi connectivity index (χ1n) is 10.8. The van der Waals surface area contributed by atoms with Gasteiger partial charge in [0.05, 0.1) is 11.1 Å². The first kappa shape index (κ1) is 20.8. The molecule has 2 aliphatic heterocycles. The van der Waals surface area contributed by atoms with Crippen molar-refractivity contribution < 1.29 is 14.4 Å². The van der Waals surface area contributed by atoms with Crippen molar-refractivity contribution in [2.24, 2.45) is 0 Å². The highest BCUT2D eigenvalue weighted by Gasteiger charge is 2.42. The zero-order valence-electron chi connectivity index (χ0n) is 18.4. The van der Waals surface area contributed by atoms with Gasteiger partial charge < -0.3 is 9.80 Å². The fourth-order valence-corrected chi connectivity index (χ4v) is 4.32. The molecule has 0 spiro atoms. The van der Waals surface area contributed by atoms with E-state index in [0.717, 1.165) is 16.5 Å². The van der Waals surface area contributed by atoms with Crippen LogP contribution in [0.1, 0.15) is 33.5 Å². The number of imidazole rings is 1. The van der Waals surface area contributed by atoms with E-state index < -0.39 is 17.9 Å². The molecular weight excluding hydrogens is 422 g/mol. The maximum absolute atomic E-state index is 13.2. The number of benzene rings is 1. The summed E-state index contributed by atoms with van der Waals surface area (Å²) in [6.07, 6.45) is 5.20. The number of piperazine rings is 1. The molecule has 3 amide bonds. The molecule has 3 aromatic rings. The van der Waals surface area contributed by atoms with E-state index in [0.29, 0.717) is 43.1 Å². The third kappa shape index (κ3) is 3.63. The van der Waals surface area contributed by atoms with Crippen molar-refractivity contribution >= 4 is 23.5 Å². The van der Waals surface area contributed by atoms with Gasteiger partial charge in [-0.05, 0) is 26.0 Å². The molecule has 10 nitrogen and oxygen atoms in total. The third-order valence-electron chi connectivity index (χ3n) is 6.07. The molecule has 33 heavy (non-hydrogen) atoms. The first-order valence-corrected chi connectivity index (χ1v) is 10.8. The highest BCUT2D eigenvalue weighted by Crippen LogP contribution is 2.25. The molecule has 0 aliphatic carbocycles. The molecule has 2 aromatic heterocycles. The van der Waals surface area contributed by atoms with Crippen LogP contribution in [0.4, 0.5) is 5.82 Å². The lowest BCUT2D eigenvalue weighted by molar-refractivity contribution is -0.135.